The summed E-state index contributed by atoms with van der Waals surface area (Å²) in [6.45, 7) is 5.28. The molecule has 1 aliphatic heterocycles. The van der Waals surface area contributed by atoms with Crippen LogP contribution in [-0.4, -0.2) is 25.2 Å². The van der Waals surface area contributed by atoms with Gasteiger partial charge in [-0.25, -0.2) is 0 Å². The van der Waals surface area contributed by atoms with Crippen molar-refractivity contribution >= 4 is 11.6 Å². The first-order chi connectivity index (χ1) is 9.16. The van der Waals surface area contributed by atoms with E-state index in [1.165, 1.54) is 0 Å². The lowest BCUT2D eigenvalue weighted by Gasteiger charge is -2.22. The molecule has 0 spiro atoms. The molecule has 1 heterocycles. The summed E-state index contributed by atoms with van der Waals surface area (Å²) < 4.78 is 11.0. The molecule has 1 saturated heterocycles. The molecule has 104 valence electrons. The lowest BCUT2D eigenvalue weighted by atomic mass is 9.99. The lowest BCUT2D eigenvalue weighted by Crippen LogP contribution is -2.28. The molecule has 0 bridgehead atoms. The van der Waals surface area contributed by atoms with Crippen LogP contribution in [0.25, 0.3) is 0 Å². The van der Waals surface area contributed by atoms with Crippen molar-refractivity contribution < 1.29 is 14.3 Å². The van der Waals surface area contributed by atoms with Gasteiger partial charge < -0.3 is 14.8 Å². The molecule has 2 rings (SSSR count). The standard InChI is InChI=1S/C15H21NO3/c1-11(2)19-14-6-4-3-5-13(14)16-15(17)12-7-9-18-10-8-12/h3-6,11-12H,7-10H2,1-2H3,(H,16,17). The Balaban J connectivity index is 2.03. The molecule has 0 atom stereocenters. The van der Waals surface area contributed by atoms with E-state index in [-0.39, 0.29) is 17.9 Å². The van der Waals surface area contributed by atoms with Gasteiger partial charge in [-0.05, 0) is 38.8 Å². The van der Waals surface area contributed by atoms with Gasteiger partial charge in [0.25, 0.3) is 0 Å². The molecule has 19 heavy (non-hydrogen) atoms. The average molecular weight is 263 g/mol. The highest BCUT2D eigenvalue weighted by Gasteiger charge is 2.22. The van der Waals surface area contributed by atoms with Crippen molar-refractivity contribution in [2.24, 2.45) is 5.92 Å². The van der Waals surface area contributed by atoms with Gasteiger partial charge in [0, 0.05) is 19.1 Å². The zero-order valence-corrected chi connectivity index (χ0v) is 11.5. The first kappa shape index (κ1) is 13.9. The highest BCUT2D eigenvalue weighted by atomic mass is 16.5. The minimum atomic E-state index is 0.0425. The van der Waals surface area contributed by atoms with Gasteiger partial charge in [-0.1, -0.05) is 12.1 Å². The van der Waals surface area contributed by atoms with Gasteiger partial charge in [0.05, 0.1) is 11.8 Å². The second kappa shape index (κ2) is 6.57. The molecule has 1 fully saturated rings. The molecule has 0 unspecified atom stereocenters. The van der Waals surface area contributed by atoms with Crippen molar-refractivity contribution in [1.29, 1.82) is 0 Å². The fraction of sp³-hybridized carbons (Fsp3) is 0.533. The van der Waals surface area contributed by atoms with Gasteiger partial charge in [-0.15, -0.1) is 0 Å². The van der Waals surface area contributed by atoms with Gasteiger partial charge in [-0.2, -0.15) is 0 Å². The lowest BCUT2D eigenvalue weighted by molar-refractivity contribution is -0.122. The van der Waals surface area contributed by atoms with Crippen LogP contribution < -0.4 is 10.1 Å². The number of para-hydroxylation sites is 2. The summed E-state index contributed by atoms with van der Waals surface area (Å²) in [5.74, 6) is 0.821. The van der Waals surface area contributed by atoms with Gasteiger partial charge in [-0.3, -0.25) is 4.79 Å². The van der Waals surface area contributed by atoms with E-state index in [2.05, 4.69) is 5.32 Å². The van der Waals surface area contributed by atoms with Crippen molar-refractivity contribution in [3.05, 3.63) is 24.3 Å². The Morgan fingerprint density at radius 3 is 2.68 bits per heavy atom. The van der Waals surface area contributed by atoms with Crippen LogP contribution in [0.3, 0.4) is 0 Å². The second-order valence-electron chi connectivity index (χ2n) is 5.04. The Morgan fingerprint density at radius 1 is 1.32 bits per heavy atom. The van der Waals surface area contributed by atoms with Crippen LogP contribution in [0.2, 0.25) is 0 Å². The van der Waals surface area contributed by atoms with Gasteiger partial charge in [0.15, 0.2) is 0 Å². The van der Waals surface area contributed by atoms with Crippen molar-refractivity contribution in [3.8, 4) is 5.75 Å². The molecule has 0 aliphatic carbocycles. The normalized spacial score (nSPS) is 16.4. The van der Waals surface area contributed by atoms with Crippen LogP contribution >= 0.6 is 0 Å². The van der Waals surface area contributed by atoms with Crippen LogP contribution in [0.4, 0.5) is 5.69 Å². The Bertz CT molecular complexity index is 425. The third-order valence-electron chi connectivity index (χ3n) is 3.10. The molecule has 0 saturated carbocycles. The van der Waals surface area contributed by atoms with Crippen molar-refractivity contribution in [3.63, 3.8) is 0 Å². The Labute approximate surface area is 114 Å². The number of carbonyl (C=O) groups excluding carboxylic acids is 1. The van der Waals surface area contributed by atoms with Crippen LogP contribution in [-0.2, 0) is 9.53 Å². The minimum absolute atomic E-state index is 0.0425. The predicted octanol–water partition coefficient (Wildman–Crippen LogP) is 2.84. The molecule has 0 aromatic heterocycles. The maximum absolute atomic E-state index is 12.2. The highest BCUT2D eigenvalue weighted by Crippen LogP contribution is 2.26. The maximum Gasteiger partial charge on any atom is 0.227 e. The van der Waals surface area contributed by atoms with Crippen molar-refractivity contribution in [2.45, 2.75) is 32.8 Å². The van der Waals surface area contributed by atoms with Gasteiger partial charge in [0.2, 0.25) is 5.91 Å². The van der Waals surface area contributed by atoms with E-state index in [0.29, 0.717) is 13.2 Å². The van der Waals surface area contributed by atoms with E-state index in [4.69, 9.17) is 9.47 Å². The highest BCUT2D eigenvalue weighted by molar-refractivity contribution is 5.94. The van der Waals surface area contributed by atoms with E-state index in [0.717, 1.165) is 24.3 Å². The molecule has 1 aliphatic rings. The first-order valence-electron chi connectivity index (χ1n) is 6.81. The van der Waals surface area contributed by atoms with E-state index in [1.54, 1.807) is 0 Å². The second-order valence-corrected chi connectivity index (χ2v) is 5.04. The summed E-state index contributed by atoms with van der Waals surface area (Å²) in [4.78, 5) is 12.2. The molecule has 0 radical (unpaired) electrons. The monoisotopic (exact) mass is 263 g/mol. The summed E-state index contributed by atoms with van der Waals surface area (Å²) in [5, 5.41) is 2.97. The van der Waals surface area contributed by atoms with E-state index < -0.39 is 0 Å². The Hall–Kier alpha value is -1.55. The van der Waals surface area contributed by atoms with E-state index in [1.807, 2.05) is 38.1 Å². The molecule has 4 heteroatoms. The number of rotatable bonds is 4. The Morgan fingerprint density at radius 2 is 2.00 bits per heavy atom. The fourth-order valence-corrected chi connectivity index (χ4v) is 2.12. The number of amides is 1. The zero-order chi connectivity index (χ0) is 13.7. The predicted molar refractivity (Wildman–Crippen MR) is 74.4 cm³/mol. The topological polar surface area (TPSA) is 47.6 Å². The average Bonchev–Trinajstić information content (AvgIpc) is 2.41. The summed E-state index contributed by atoms with van der Waals surface area (Å²) >= 11 is 0. The molecule has 1 aromatic rings. The number of nitrogens with one attached hydrogen (secondary N) is 1. The van der Waals surface area contributed by atoms with E-state index in [9.17, 15) is 4.79 Å². The summed E-state index contributed by atoms with van der Waals surface area (Å²) in [7, 11) is 0. The smallest absolute Gasteiger partial charge is 0.227 e. The maximum atomic E-state index is 12.2. The summed E-state index contributed by atoms with van der Waals surface area (Å²) in [5.41, 5.74) is 0.743. The fourth-order valence-electron chi connectivity index (χ4n) is 2.12. The molecule has 4 nitrogen and oxygen atoms in total. The zero-order valence-electron chi connectivity index (χ0n) is 11.5. The third kappa shape index (κ3) is 3.96. The summed E-state index contributed by atoms with van der Waals surface area (Å²) in [6.07, 6.45) is 1.67. The number of benzene rings is 1. The minimum Gasteiger partial charge on any atom is -0.489 e. The van der Waals surface area contributed by atoms with Gasteiger partial charge in [0.1, 0.15) is 5.75 Å². The number of hydrogen-bond acceptors (Lipinski definition) is 3. The largest absolute Gasteiger partial charge is 0.489 e. The van der Waals surface area contributed by atoms with Crippen LogP contribution in [0.15, 0.2) is 24.3 Å². The molecular weight excluding hydrogens is 242 g/mol. The van der Waals surface area contributed by atoms with Crippen molar-refractivity contribution in [1.82, 2.24) is 0 Å². The van der Waals surface area contributed by atoms with Crippen LogP contribution in [0, 0.1) is 5.92 Å². The summed E-state index contributed by atoms with van der Waals surface area (Å²) in [6, 6.07) is 7.54. The Kier molecular flexibility index (Phi) is 4.80. The first-order valence-corrected chi connectivity index (χ1v) is 6.81. The number of carbonyl (C=O) groups is 1. The van der Waals surface area contributed by atoms with Crippen LogP contribution in [0.1, 0.15) is 26.7 Å². The molecule has 1 aromatic carbocycles. The number of ether oxygens (including phenoxy) is 2. The van der Waals surface area contributed by atoms with Crippen molar-refractivity contribution in [2.75, 3.05) is 18.5 Å². The number of hydrogen-bond donors (Lipinski definition) is 1. The van der Waals surface area contributed by atoms with Gasteiger partial charge >= 0.3 is 0 Å². The molecular formula is C15H21NO3. The quantitative estimate of drug-likeness (QED) is 0.908. The number of anilines is 1. The third-order valence-corrected chi connectivity index (χ3v) is 3.10. The molecule has 1 N–H and O–H groups in total. The van der Waals surface area contributed by atoms with Crippen LogP contribution in [0.5, 0.6) is 5.75 Å². The SMILES string of the molecule is CC(C)Oc1ccccc1NC(=O)C1CCOCC1. The van der Waals surface area contributed by atoms with E-state index >= 15 is 0 Å². The molecule has 1 amide bonds.